The number of para-hydroxylation sites is 3. The van der Waals surface area contributed by atoms with Gasteiger partial charge in [-0.15, -0.1) is 0 Å². The second-order valence-corrected chi connectivity index (χ2v) is 14.8. The molecule has 12 aromatic rings. The lowest BCUT2D eigenvalue weighted by atomic mass is 9.97. The van der Waals surface area contributed by atoms with E-state index in [0.717, 1.165) is 99.5 Å². The molecule has 0 amide bonds. The summed E-state index contributed by atoms with van der Waals surface area (Å²) in [6.45, 7) is 0. The summed E-state index contributed by atoms with van der Waals surface area (Å²) in [7, 11) is 0. The van der Waals surface area contributed by atoms with Crippen molar-refractivity contribution in [2.45, 2.75) is 0 Å². The molecule has 12 rings (SSSR count). The van der Waals surface area contributed by atoms with Crippen molar-refractivity contribution in [1.82, 2.24) is 19.5 Å². The van der Waals surface area contributed by atoms with Gasteiger partial charge in [-0.3, -0.25) is 4.57 Å². The van der Waals surface area contributed by atoms with Crippen LogP contribution < -0.4 is 0 Å². The van der Waals surface area contributed by atoms with Crippen LogP contribution in [0, 0.1) is 0 Å². The van der Waals surface area contributed by atoms with Crippen molar-refractivity contribution in [2.24, 2.45) is 0 Å². The van der Waals surface area contributed by atoms with Crippen LogP contribution in [0.5, 0.6) is 0 Å². The minimum absolute atomic E-state index is 0.633. The number of fused-ring (bicyclic) bond motifs is 10. The highest BCUT2D eigenvalue weighted by Gasteiger charge is 2.19. The number of nitrogens with zero attached hydrogens (tertiary/aromatic N) is 4. The normalized spacial score (nSPS) is 11.8. The van der Waals surface area contributed by atoms with Crippen LogP contribution in [0.15, 0.2) is 199 Å². The van der Waals surface area contributed by atoms with Gasteiger partial charge in [-0.1, -0.05) is 146 Å². The Kier molecular flexibility index (Phi) is 7.16. The summed E-state index contributed by atoms with van der Waals surface area (Å²) < 4.78 is 9.07. The van der Waals surface area contributed by atoms with Crippen LogP contribution in [0.25, 0.3) is 116 Å². The van der Waals surface area contributed by atoms with Crippen molar-refractivity contribution in [1.29, 1.82) is 0 Å². The molecule has 58 heavy (non-hydrogen) atoms. The predicted octanol–water partition coefficient (Wildman–Crippen LogP) is 13.8. The Balaban J connectivity index is 1.02. The molecule has 5 nitrogen and oxygen atoms in total. The summed E-state index contributed by atoms with van der Waals surface area (Å²) in [4.78, 5) is 15.6. The average Bonchev–Trinajstić information content (AvgIpc) is 3.85. The van der Waals surface area contributed by atoms with E-state index in [1.165, 1.54) is 10.8 Å². The summed E-state index contributed by atoms with van der Waals surface area (Å²) in [5, 5.41) is 7.75. The van der Waals surface area contributed by atoms with E-state index in [9.17, 15) is 0 Å². The molecule has 5 heteroatoms. The van der Waals surface area contributed by atoms with Crippen LogP contribution in [0.3, 0.4) is 0 Å². The number of hydrogen-bond donors (Lipinski definition) is 0. The topological polar surface area (TPSA) is 56.7 Å². The third-order valence-corrected chi connectivity index (χ3v) is 11.4. The van der Waals surface area contributed by atoms with Crippen LogP contribution in [-0.2, 0) is 0 Å². The summed E-state index contributed by atoms with van der Waals surface area (Å²) in [6.07, 6.45) is 0. The standard InChI is InChI=1S/C53H32N4O/c1-3-14-33(15-4-1)45-32-46(56-53(55-45)57-47-24-11-8-20-38(47)39-21-9-12-25-48(39)57)37-19-13-18-35(30-37)36-26-27-40-41-28-29-43-50(52(41)58-49(40)31-36)42-22-7-10-23-44(42)54-51(43)34-16-5-2-6-17-34/h1-32H. The average molecular weight is 741 g/mol. The lowest BCUT2D eigenvalue weighted by molar-refractivity contribution is 0.673. The molecule has 0 spiro atoms. The maximum atomic E-state index is 6.88. The molecular weight excluding hydrogens is 709 g/mol. The number of furan rings is 1. The highest BCUT2D eigenvalue weighted by atomic mass is 16.3. The van der Waals surface area contributed by atoms with Gasteiger partial charge in [0, 0.05) is 54.4 Å². The van der Waals surface area contributed by atoms with Crippen LogP contribution in [0.4, 0.5) is 0 Å². The molecule has 0 atom stereocenters. The number of rotatable bonds is 5. The van der Waals surface area contributed by atoms with Crippen molar-refractivity contribution < 1.29 is 4.42 Å². The molecule has 4 heterocycles. The Hall–Kier alpha value is -7.89. The van der Waals surface area contributed by atoms with Gasteiger partial charge in [0.05, 0.1) is 33.6 Å². The summed E-state index contributed by atoms with van der Waals surface area (Å²) in [5.41, 5.74) is 12.7. The Labute approximate surface area is 333 Å². The van der Waals surface area contributed by atoms with Crippen molar-refractivity contribution in [3.05, 3.63) is 194 Å². The zero-order valence-electron chi connectivity index (χ0n) is 31.2. The van der Waals surface area contributed by atoms with Gasteiger partial charge in [-0.05, 0) is 59.7 Å². The van der Waals surface area contributed by atoms with E-state index >= 15 is 0 Å². The predicted molar refractivity (Wildman–Crippen MR) is 238 cm³/mol. The summed E-state index contributed by atoms with van der Waals surface area (Å²) in [6, 6.07) is 67.7. The Bertz CT molecular complexity index is 3510. The molecule has 0 saturated heterocycles. The van der Waals surface area contributed by atoms with Crippen molar-refractivity contribution in [2.75, 3.05) is 0 Å². The minimum atomic E-state index is 0.633. The van der Waals surface area contributed by atoms with Gasteiger partial charge in [-0.25, -0.2) is 15.0 Å². The fraction of sp³-hybridized carbons (Fsp3) is 0. The second-order valence-electron chi connectivity index (χ2n) is 14.8. The van der Waals surface area contributed by atoms with Gasteiger partial charge in [0.15, 0.2) is 0 Å². The van der Waals surface area contributed by atoms with Gasteiger partial charge >= 0.3 is 0 Å². The quantitative estimate of drug-likeness (QED) is 0.165. The van der Waals surface area contributed by atoms with Crippen molar-refractivity contribution >= 4 is 65.4 Å². The van der Waals surface area contributed by atoms with Crippen LogP contribution in [-0.4, -0.2) is 19.5 Å². The highest BCUT2D eigenvalue weighted by Crippen LogP contribution is 2.42. The maximum absolute atomic E-state index is 6.88. The van der Waals surface area contributed by atoms with Crippen LogP contribution >= 0.6 is 0 Å². The van der Waals surface area contributed by atoms with E-state index in [2.05, 4.69) is 180 Å². The fourth-order valence-corrected chi connectivity index (χ4v) is 8.70. The minimum Gasteiger partial charge on any atom is -0.455 e. The van der Waals surface area contributed by atoms with E-state index < -0.39 is 0 Å². The summed E-state index contributed by atoms with van der Waals surface area (Å²) >= 11 is 0. The molecule has 0 aliphatic heterocycles. The zero-order chi connectivity index (χ0) is 38.2. The zero-order valence-corrected chi connectivity index (χ0v) is 31.2. The number of aromatic nitrogens is 4. The molecular formula is C53H32N4O. The van der Waals surface area contributed by atoms with E-state index in [-0.39, 0.29) is 0 Å². The van der Waals surface area contributed by atoms with E-state index in [1.54, 1.807) is 0 Å². The second kappa shape index (κ2) is 12.8. The van der Waals surface area contributed by atoms with Crippen molar-refractivity contribution in [3.63, 3.8) is 0 Å². The van der Waals surface area contributed by atoms with Crippen LogP contribution in [0.1, 0.15) is 0 Å². The van der Waals surface area contributed by atoms with Gasteiger partial charge in [0.2, 0.25) is 5.95 Å². The Morgan fingerprint density at radius 2 is 0.931 bits per heavy atom. The van der Waals surface area contributed by atoms with E-state index in [1.807, 2.05) is 18.2 Å². The Morgan fingerprint density at radius 3 is 1.69 bits per heavy atom. The first-order chi connectivity index (χ1) is 28.7. The molecule has 0 unspecified atom stereocenters. The van der Waals surface area contributed by atoms with Crippen LogP contribution in [0.2, 0.25) is 0 Å². The molecule has 0 N–H and O–H groups in total. The molecule has 0 saturated carbocycles. The Morgan fingerprint density at radius 1 is 0.362 bits per heavy atom. The van der Waals surface area contributed by atoms with Gasteiger partial charge in [0.1, 0.15) is 11.2 Å². The monoisotopic (exact) mass is 740 g/mol. The lowest BCUT2D eigenvalue weighted by Crippen LogP contribution is -2.04. The molecule has 4 aromatic heterocycles. The van der Waals surface area contributed by atoms with E-state index in [0.29, 0.717) is 5.95 Å². The van der Waals surface area contributed by atoms with Crippen molar-refractivity contribution in [3.8, 4) is 50.8 Å². The first-order valence-electron chi connectivity index (χ1n) is 19.5. The summed E-state index contributed by atoms with van der Waals surface area (Å²) in [5.74, 6) is 0.633. The van der Waals surface area contributed by atoms with Gasteiger partial charge in [-0.2, -0.15) is 0 Å². The maximum Gasteiger partial charge on any atom is 0.235 e. The van der Waals surface area contributed by atoms with Gasteiger partial charge in [0.25, 0.3) is 0 Å². The SMILES string of the molecule is c1ccc(-c2cc(-c3cccc(-c4ccc5c(c4)oc4c5ccc5c(-c6ccccc6)nc6ccccc6c54)c3)nc(-n3c4ccccc4c4ccccc43)n2)cc1. The fourth-order valence-electron chi connectivity index (χ4n) is 8.70. The molecule has 270 valence electrons. The molecule has 0 aliphatic carbocycles. The number of benzene rings is 8. The molecule has 0 bridgehead atoms. The van der Waals surface area contributed by atoms with Gasteiger partial charge < -0.3 is 4.42 Å². The molecule has 8 aromatic carbocycles. The molecule has 0 fully saturated rings. The van der Waals surface area contributed by atoms with E-state index in [4.69, 9.17) is 19.4 Å². The third-order valence-electron chi connectivity index (χ3n) is 11.4. The molecule has 0 aliphatic rings. The lowest BCUT2D eigenvalue weighted by Gasteiger charge is -2.12. The third kappa shape index (κ3) is 5.07. The first-order valence-corrected chi connectivity index (χ1v) is 19.5. The number of pyridine rings is 1. The first kappa shape index (κ1) is 32.4. The smallest absolute Gasteiger partial charge is 0.235 e. The largest absolute Gasteiger partial charge is 0.455 e. The molecule has 0 radical (unpaired) electrons. The highest BCUT2D eigenvalue weighted by molar-refractivity contribution is 6.24. The number of hydrogen-bond acceptors (Lipinski definition) is 4.